The Morgan fingerprint density at radius 3 is 2.70 bits per heavy atom. The van der Waals surface area contributed by atoms with Gasteiger partial charge in [-0.25, -0.2) is 19.5 Å². The molecule has 0 spiro atoms. The number of carbonyl (C=O) groups excluding carboxylic acids is 1. The van der Waals surface area contributed by atoms with Crippen molar-refractivity contribution in [2.45, 2.75) is 26.9 Å². The van der Waals surface area contributed by atoms with E-state index in [1.54, 1.807) is 24.1 Å². The second-order valence-corrected chi connectivity index (χ2v) is 7.64. The van der Waals surface area contributed by atoms with Crippen LogP contribution in [0.3, 0.4) is 0 Å². The minimum Gasteiger partial charge on any atom is -0.507 e. The van der Waals surface area contributed by atoms with Crippen LogP contribution in [0.2, 0.25) is 0 Å². The highest BCUT2D eigenvalue weighted by Gasteiger charge is 2.16. The minimum atomic E-state index is -0.369. The van der Waals surface area contributed by atoms with Gasteiger partial charge in [-0.05, 0) is 61.0 Å². The van der Waals surface area contributed by atoms with E-state index in [-0.39, 0.29) is 23.8 Å². The molecule has 0 fully saturated rings. The van der Waals surface area contributed by atoms with Crippen molar-refractivity contribution in [3.63, 3.8) is 0 Å². The second kappa shape index (κ2) is 9.25. The number of benzene rings is 2. The van der Waals surface area contributed by atoms with E-state index in [1.807, 2.05) is 57.3 Å². The lowest BCUT2D eigenvalue weighted by Crippen LogP contribution is -2.38. The molecule has 3 aromatic rings. The van der Waals surface area contributed by atoms with Gasteiger partial charge in [0.15, 0.2) is 0 Å². The molecule has 0 unspecified atom stereocenters. The van der Waals surface area contributed by atoms with Gasteiger partial charge in [0, 0.05) is 31.3 Å². The normalized spacial score (nSPS) is 15.2. The maximum Gasteiger partial charge on any atom is 0.321 e. The Labute approximate surface area is 190 Å². The van der Waals surface area contributed by atoms with E-state index >= 15 is 0 Å². The van der Waals surface area contributed by atoms with Crippen LogP contribution >= 0.6 is 0 Å². The van der Waals surface area contributed by atoms with Crippen molar-refractivity contribution in [2.24, 2.45) is 9.98 Å². The lowest BCUT2D eigenvalue weighted by Gasteiger charge is -2.10. The number of urea groups is 1. The summed E-state index contributed by atoms with van der Waals surface area (Å²) < 4.78 is 7.08. The molecule has 1 atom stereocenters. The van der Waals surface area contributed by atoms with E-state index in [4.69, 9.17) is 4.74 Å². The van der Waals surface area contributed by atoms with Gasteiger partial charge in [-0.3, -0.25) is 5.32 Å². The number of aromatic nitrogens is 2. The van der Waals surface area contributed by atoms with Crippen LogP contribution in [0, 0.1) is 10.4 Å². The van der Waals surface area contributed by atoms with Crippen molar-refractivity contribution >= 4 is 23.3 Å². The molecule has 0 radical (unpaired) electrons. The number of nitrogens with zero attached hydrogens (tertiary/aromatic N) is 4. The Morgan fingerprint density at radius 2 is 2.03 bits per heavy atom. The van der Waals surface area contributed by atoms with Gasteiger partial charge >= 0.3 is 6.03 Å². The van der Waals surface area contributed by atoms with Crippen LogP contribution in [-0.2, 0) is 4.74 Å². The lowest BCUT2D eigenvalue weighted by atomic mass is 10.1. The predicted octanol–water partition coefficient (Wildman–Crippen LogP) is 2.01. The predicted molar refractivity (Wildman–Crippen MR) is 125 cm³/mol. The standard InChI is InChI=1S/C24H26N6O3/c1-5-25-24(32)29-23-27-19-11-17(12-20(22(19)28-23)30-10-6-9-26-30)16-7-8-18(21(31)13-16)14(2)15(3)33-4/h6-13,15,31H,5H2,1-4H3,(H2,25,27,29,32)/b17-16?,18-14+/t15-/m1/s1. The maximum absolute atomic E-state index is 11.9. The Morgan fingerprint density at radius 1 is 1.21 bits per heavy atom. The van der Waals surface area contributed by atoms with Crippen molar-refractivity contribution < 1.29 is 14.6 Å². The summed E-state index contributed by atoms with van der Waals surface area (Å²) in [4.78, 5) is 20.9. The molecule has 2 amide bonds. The Hall–Kier alpha value is -3.98. The van der Waals surface area contributed by atoms with Crippen molar-refractivity contribution in [1.29, 1.82) is 0 Å². The molecule has 3 N–H and O–H groups in total. The van der Waals surface area contributed by atoms with Crippen LogP contribution in [0.15, 0.2) is 58.8 Å². The molecule has 2 heterocycles. The Kier molecular flexibility index (Phi) is 6.23. The van der Waals surface area contributed by atoms with Gasteiger partial charge < -0.3 is 15.2 Å². The summed E-state index contributed by atoms with van der Waals surface area (Å²) in [5.41, 5.74) is 2.25. The van der Waals surface area contributed by atoms with E-state index < -0.39 is 0 Å². The summed E-state index contributed by atoms with van der Waals surface area (Å²) >= 11 is 0. The molecule has 1 aliphatic rings. The van der Waals surface area contributed by atoms with Crippen molar-refractivity contribution in [1.82, 2.24) is 20.4 Å². The van der Waals surface area contributed by atoms with Crippen LogP contribution in [0.4, 0.5) is 10.5 Å². The molecule has 9 nitrogen and oxygen atoms in total. The number of aliphatic imine (C=N–C) groups is 1. The molecule has 2 aromatic carbocycles. The molecule has 0 bridgehead atoms. The number of amides is 2. The first kappa shape index (κ1) is 22.2. The number of hydrogen-bond donors (Lipinski definition) is 3. The Bertz CT molecular complexity index is 1440. The first-order valence-corrected chi connectivity index (χ1v) is 10.6. The van der Waals surface area contributed by atoms with Gasteiger partial charge in [0.05, 0.1) is 17.5 Å². The summed E-state index contributed by atoms with van der Waals surface area (Å²) in [6.45, 7) is 6.20. The number of guanidine groups is 1. The highest BCUT2D eigenvalue weighted by atomic mass is 16.5. The third-order valence-corrected chi connectivity index (χ3v) is 5.55. The number of phenols is 1. The number of nitrogens with one attached hydrogen (secondary N) is 2. The Balaban J connectivity index is 1.92. The minimum absolute atomic E-state index is 0.111. The fourth-order valence-electron chi connectivity index (χ4n) is 3.60. The molecule has 0 saturated heterocycles. The zero-order valence-corrected chi connectivity index (χ0v) is 19.0. The van der Waals surface area contributed by atoms with E-state index in [1.165, 1.54) is 0 Å². The number of carbonyl (C=O) groups is 1. The van der Waals surface area contributed by atoms with E-state index in [0.29, 0.717) is 23.3 Å². The number of methoxy groups -OCH3 is 1. The van der Waals surface area contributed by atoms with Gasteiger partial charge in [-0.15, -0.1) is 0 Å². The average molecular weight is 447 g/mol. The van der Waals surface area contributed by atoms with Gasteiger partial charge in [0.1, 0.15) is 11.1 Å². The summed E-state index contributed by atoms with van der Waals surface area (Å²) in [5, 5.41) is 23.4. The van der Waals surface area contributed by atoms with Gasteiger partial charge in [-0.2, -0.15) is 5.10 Å². The van der Waals surface area contributed by atoms with Crippen LogP contribution in [-0.4, -0.2) is 46.6 Å². The molecule has 0 aliphatic carbocycles. The molecule has 33 heavy (non-hydrogen) atoms. The van der Waals surface area contributed by atoms with Crippen LogP contribution in [0.1, 0.15) is 20.8 Å². The largest absolute Gasteiger partial charge is 0.507 e. The SMILES string of the molecule is CCNC(=O)NC1=Nc2cc(=c3cc/c(=C(/C)[C@@H](C)OC)c(O)c3)cc(-n3cccn3)c2=N1. The number of phenolic OH excluding ortho intramolecular Hbond substituents is 1. The van der Waals surface area contributed by atoms with E-state index in [9.17, 15) is 9.90 Å². The zero-order chi connectivity index (χ0) is 23.5. The van der Waals surface area contributed by atoms with Gasteiger partial charge in [0.2, 0.25) is 5.96 Å². The first-order chi connectivity index (χ1) is 15.9. The third-order valence-electron chi connectivity index (χ3n) is 5.55. The van der Waals surface area contributed by atoms with Crippen molar-refractivity contribution in [3.05, 3.63) is 69.8 Å². The lowest BCUT2D eigenvalue weighted by molar-refractivity contribution is 0.162. The molecule has 1 aromatic heterocycles. The van der Waals surface area contributed by atoms with Crippen molar-refractivity contribution in [2.75, 3.05) is 13.7 Å². The smallest absolute Gasteiger partial charge is 0.321 e. The number of ether oxygens (including phenoxy) is 1. The molecule has 1 aliphatic heterocycles. The molecule has 4 rings (SSSR count). The van der Waals surface area contributed by atoms with Crippen LogP contribution < -0.4 is 21.2 Å². The zero-order valence-electron chi connectivity index (χ0n) is 19.0. The number of aromatic hydroxyl groups is 1. The number of rotatable bonds is 4. The monoisotopic (exact) mass is 446 g/mol. The van der Waals surface area contributed by atoms with Crippen LogP contribution in [0.5, 0.6) is 5.75 Å². The quantitative estimate of drug-likeness (QED) is 0.569. The summed E-state index contributed by atoms with van der Waals surface area (Å²) in [5.74, 6) is 0.375. The maximum atomic E-state index is 11.9. The number of fused-ring (bicyclic) bond motifs is 1. The topological polar surface area (TPSA) is 113 Å². The van der Waals surface area contributed by atoms with Gasteiger partial charge in [0.25, 0.3) is 0 Å². The molecule has 170 valence electrons. The summed E-state index contributed by atoms with van der Waals surface area (Å²) in [6, 6.07) is 10.8. The second-order valence-electron chi connectivity index (χ2n) is 7.64. The molecule has 0 saturated carbocycles. The molecular weight excluding hydrogens is 420 g/mol. The van der Waals surface area contributed by atoms with Crippen molar-refractivity contribution in [3.8, 4) is 11.4 Å². The summed E-state index contributed by atoms with van der Waals surface area (Å²) in [7, 11) is 1.64. The molecular formula is C24H26N6O3. The summed E-state index contributed by atoms with van der Waals surface area (Å²) in [6.07, 6.45) is 3.38. The first-order valence-electron chi connectivity index (χ1n) is 10.6. The molecule has 9 heteroatoms. The third kappa shape index (κ3) is 4.49. The van der Waals surface area contributed by atoms with E-state index in [2.05, 4.69) is 25.7 Å². The fraction of sp³-hybridized carbons (Fsp3) is 0.250. The highest BCUT2D eigenvalue weighted by molar-refractivity contribution is 5.99. The van der Waals surface area contributed by atoms with Crippen LogP contribution in [0.25, 0.3) is 11.3 Å². The average Bonchev–Trinajstić information content (AvgIpc) is 3.47. The fourth-order valence-corrected chi connectivity index (χ4v) is 3.60. The van der Waals surface area contributed by atoms with E-state index in [0.717, 1.165) is 21.2 Å². The number of hydrogen-bond acceptors (Lipinski definition) is 6. The highest BCUT2D eigenvalue weighted by Crippen LogP contribution is 2.17. The van der Waals surface area contributed by atoms with Gasteiger partial charge in [-0.1, -0.05) is 12.1 Å².